The molecule has 4 aromatic carbocycles. The Morgan fingerprint density at radius 1 is 0.341 bits per heavy atom. The lowest BCUT2D eigenvalue weighted by Crippen LogP contribution is -2.34. The van der Waals surface area contributed by atoms with Gasteiger partial charge in [-0.1, -0.05) is 169 Å². The van der Waals surface area contributed by atoms with E-state index < -0.39 is 35.6 Å². The maximum absolute atomic E-state index is 11.7. The van der Waals surface area contributed by atoms with Crippen LogP contribution in [0, 0.1) is 10.8 Å². The van der Waals surface area contributed by atoms with Crippen LogP contribution in [-0.2, 0) is 9.59 Å². The number of carboxylic acid groups (broad SMARTS) is 2. The summed E-state index contributed by atoms with van der Waals surface area (Å²) < 4.78 is 0. The van der Waals surface area contributed by atoms with Gasteiger partial charge in [0.1, 0.15) is 46.0 Å². The Labute approximate surface area is 543 Å². The molecule has 0 aliphatic heterocycles. The molecule has 0 radical (unpaired) electrons. The molecule has 0 saturated heterocycles. The van der Waals surface area contributed by atoms with Crippen LogP contribution < -0.4 is 11.5 Å². The smallest absolute Gasteiger partial charge is 0.303 e. The fourth-order valence-corrected chi connectivity index (χ4v) is 13.8. The first-order valence-corrected chi connectivity index (χ1v) is 33.7. The molecule has 3 aliphatic carbocycles. The van der Waals surface area contributed by atoms with E-state index in [4.69, 9.17) is 37.0 Å². The molecule has 518 valence electrons. The summed E-state index contributed by atoms with van der Waals surface area (Å²) in [6, 6.07) is 12.8. The number of hydrogen-bond donors (Lipinski definition) is 15. The van der Waals surface area contributed by atoms with E-state index in [0.717, 1.165) is 175 Å². The van der Waals surface area contributed by atoms with Gasteiger partial charge in [0.15, 0.2) is 0 Å². The molecule has 3 aliphatic rings. The van der Waals surface area contributed by atoms with Gasteiger partial charge in [-0.2, -0.15) is 0 Å². The van der Waals surface area contributed by atoms with Crippen LogP contribution in [0.5, 0.6) is 46.0 Å². The zero-order valence-corrected chi connectivity index (χ0v) is 56.3. The number of carboxylic acids is 2. The van der Waals surface area contributed by atoms with Gasteiger partial charge >= 0.3 is 11.9 Å². The predicted molar refractivity (Wildman–Crippen MR) is 363 cm³/mol. The zero-order valence-electron chi connectivity index (χ0n) is 56.3. The lowest BCUT2D eigenvalue weighted by molar-refractivity contribution is -0.141. The van der Waals surface area contributed by atoms with Gasteiger partial charge in [0, 0.05) is 114 Å². The maximum Gasteiger partial charge on any atom is 0.303 e. The standard InChI is InChI=1S/C52H72O8.2C9H17NO2.3CH4O.H2O/c1-5-9-13-17-21-33-37-25-39(47(55)29-45(37)53)34(22-18-14-10-6-2)41-27-43(51(59)31-49(41)57)36(24-20-16-12-8-4)44-28-42(50(58)32-52(44)60)35(23-19-15-11-7-3)40-26-38(33)46(54)30-48(40)56;2*10-7-9(6-8(11)12)4-2-1-3-5-9;3*1-2;/h25-36,53-60H,5-24H2,1-4H3;2*1-7,10H2,(H,11,12);3*2H,1H3;1H2. The molecular formula is C73H120N2O16. The number of hydrogen-bond acceptors (Lipinski definition) is 15. The first-order chi connectivity index (χ1) is 43.3. The highest BCUT2D eigenvalue weighted by molar-refractivity contribution is 5.68. The van der Waals surface area contributed by atoms with E-state index in [1.165, 1.54) is 37.1 Å². The number of rotatable bonds is 26. The monoisotopic (exact) mass is 1280 g/mol. The number of fused-ring (bicyclic) bond motifs is 8. The number of unbranched alkanes of at least 4 members (excludes halogenated alkanes) is 12. The van der Waals surface area contributed by atoms with Crippen molar-refractivity contribution in [2.45, 2.75) is 257 Å². The van der Waals surface area contributed by atoms with Crippen LogP contribution >= 0.6 is 0 Å². The highest BCUT2D eigenvalue weighted by Crippen LogP contribution is 2.53. The van der Waals surface area contributed by atoms with Gasteiger partial charge in [0.25, 0.3) is 0 Å². The quantitative estimate of drug-likeness (QED) is 0.0260. The van der Waals surface area contributed by atoms with Gasteiger partial charge in [-0.25, -0.2) is 0 Å². The van der Waals surface area contributed by atoms with Gasteiger partial charge in [0.2, 0.25) is 0 Å². The van der Waals surface area contributed by atoms with Crippen LogP contribution in [0.2, 0.25) is 0 Å². The number of nitrogens with two attached hydrogens (primary N) is 2. The van der Waals surface area contributed by atoms with Crippen molar-refractivity contribution in [1.29, 1.82) is 0 Å². The first-order valence-electron chi connectivity index (χ1n) is 33.7. The highest BCUT2D eigenvalue weighted by Gasteiger charge is 2.36. The van der Waals surface area contributed by atoms with Crippen LogP contribution in [0.15, 0.2) is 48.5 Å². The summed E-state index contributed by atoms with van der Waals surface area (Å²) in [6.07, 6.45) is 29.0. The number of phenolic OH excluding ortho intramolecular Hbond substituents is 8. The van der Waals surface area contributed by atoms with E-state index in [1.807, 2.05) is 24.3 Å². The second kappa shape index (κ2) is 44.5. The molecule has 0 amide bonds. The summed E-state index contributed by atoms with van der Waals surface area (Å²) in [7, 11) is 3.00. The molecule has 2 saturated carbocycles. The molecule has 7 rings (SSSR count). The largest absolute Gasteiger partial charge is 0.508 e. The van der Waals surface area contributed by atoms with Gasteiger partial charge in [-0.3, -0.25) is 9.59 Å². The fraction of sp³-hybridized carbons (Fsp3) is 0.644. The molecule has 0 heterocycles. The van der Waals surface area contributed by atoms with E-state index in [2.05, 4.69) is 27.7 Å². The topological polar surface area (TPSA) is 381 Å². The third-order valence-electron chi connectivity index (χ3n) is 18.8. The Morgan fingerprint density at radius 2 is 0.527 bits per heavy atom. The summed E-state index contributed by atoms with van der Waals surface area (Å²) in [5.41, 5.74) is 15.3. The van der Waals surface area contributed by atoms with Crippen molar-refractivity contribution >= 4 is 11.9 Å². The number of aliphatic carboxylic acids is 2. The number of carbonyl (C=O) groups is 2. The molecule has 19 N–H and O–H groups in total. The molecule has 0 aromatic heterocycles. The van der Waals surface area contributed by atoms with E-state index >= 15 is 0 Å². The molecule has 0 atom stereocenters. The molecule has 0 unspecified atom stereocenters. The second-order valence-electron chi connectivity index (χ2n) is 25.2. The predicted octanol–water partition coefficient (Wildman–Crippen LogP) is 14.8. The van der Waals surface area contributed by atoms with E-state index in [1.54, 1.807) is 0 Å². The van der Waals surface area contributed by atoms with E-state index in [9.17, 15) is 50.4 Å². The molecule has 91 heavy (non-hydrogen) atoms. The summed E-state index contributed by atoms with van der Waals surface area (Å²) in [5.74, 6) is -4.46. The average Bonchev–Trinajstić information content (AvgIpc) is 1.12. The average molecular weight is 1280 g/mol. The Bertz CT molecular complexity index is 2260. The van der Waals surface area contributed by atoms with Gasteiger partial charge in [-0.05, 0) is 99.6 Å². The van der Waals surface area contributed by atoms with Crippen molar-refractivity contribution < 1.29 is 81.5 Å². The van der Waals surface area contributed by atoms with Crippen molar-refractivity contribution in [1.82, 2.24) is 0 Å². The van der Waals surface area contributed by atoms with Crippen molar-refractivity contribution in [3.05, 3.63) is 93.0 Å². The Balaban J connectivity index is 0.00000109. The zero-order chi connectivity index (χ0) is 67.4. The SMILES string of the molecule is CCCCCCC1c2cc(c(O)cc2O)C(CCCCCC)c2cc(c(O)cc2O)C(CCCCCC)c2cc(c(O)cc2O)C(CCCCCC)c2cc1c(O)cc2O.CO.CO.CO.NCC1(CC(=O)O)CCCCC1.NCC1(CC(=O)O)CCCCC1.O. The molecule has 2 fully saturated rings. The third kappa shape index (κ3) is 25.1. The highest BCUT2D eigenvalue weighted by atomic mass is 16.4. The summed E-state index contributed by atoms with van der Waals surface area (Å²) in [6.45, 7) is 9.64. The first kappa shape index (κ1) is 83.0. The Kier molecular flexibility index (Phi) is 40.6. The number of aliphatic hydroxyl groups is 3. The Morgan fingerprint density at radius 3 is 0.681 bits per heavy atom. The third-order valence-corrected chi connectivity index (χ3v) is 18.8. The van der Waals surface area contributed by atoms with Crippen LogP contribution in [0.4, 0.5) is 0 Å². The van der Waals surface area contributed by atoms with Gasteiger partial charge in [0.05, 0.1) is 12.8 Å². The van der Waals surface area contributed by atoms with Crippen LogP contribution in [-0.4, -0.2) is 118 Å². The van der Waals surface area contributed by atoms with E-state index in [0.29, 0.717) is 83.3 Å². The van der Waals surface area contributed by atoms with Gasteiger partial charge in [-0.15, -0.1) is 0 Å². The molecule has 8 bridgehead atoms. The number of phenols is 8. The minimum Gasteiger partial charge on any atom is -0.508 e. The molecule has 18 heteroatoms. The fourth-order valence-electron chi connectivity index (χ4n) is 13.8. The minimum absolute atomic E-state index is 0. The summed E-state index contributed by atoms with van der Waals surface area (Å²) in [4.78, 5) is 21.2. The maximum atomic E-state index is 11.7. The molecular weight excluding hydrogens is 1160 g/mol. The lowest BCUT2D eigenvalue weighted by atomic mass is 9.72. The van der Waals surface area contributed by atoms with Crippen LogP contribution in [0.3, 0.4) is 0 Å². The van der Waals surface area contributed by atoms with Gasteiger partial charge < -0.3 is 83.3 Å². The summed E-state index contributed by atoms with van der Waals surface area (Å²) >= 11 is 0. The van der Waals surface area contributed by atoms with Crippen molar-refractivity contribution in [3.8, 4) is 46.0 Å². The van der Waals surface area contributed by atoms with Crippen molar-refractivity contribution in [3.63, 3.8) is 0 Å². The molecule has 0 spiro atoms. The lowest BCUT2D eigenvalue weighted by Gasteiger charge is -2.34. The molecule has 18 nitrogen and oxygen atoms in total. The van der Waals surface area contributed by atoms with Crippen molar-refractivity contribution in [2.75, 3.05) is 34.4 Å². The molecule has 4 aromatic rings. The number of aromatic hydroxyl groups is 8. The van der Waals surface area contributed by atoms with Crippen LogP contribution in [0.25, 0.3) is 0 Å². The minimum atomic E-state index is -0.706. The van der Waals surface area contributed by atoms with Crippen LogP contribution in [0.1, 0.15) is 301 Å². The van der Waals surface area contributed by atoms with E-state index in [-0.39, 0.29) is 75.1 Å². The summed E-state index contributed by atoms with van der Waals surface area (Å²) in [5, 5.41) is 132. The second-order valence-corrected chi connectivity index (χ2v) is 25.2. The normalized spacial score (nSPS) is 17.6. The Hall–Kier alpha value is -6.02. The number of aliphatic hydroxyl groups excluding tert-OH is 3. The number of benzene rings is 4. The van der Waals surface area contributed by atoms with Crippen molar-refractivity contribution in [2.24, 2.45) is 22.3 Å².